The zero-order valence-electron chi connectivity index (χ0n) is 9.94. The van der Waals surface area contributed by atoms with Gasteiger partial charge in [-0.25, -0.2) is 18.2 Å². The highest BCUT2D eigenvalue weighted by atomic mass is 19.2. The van der Waals surface area contributed by atoms with Crippen molar-refractivity contribution in [1.82, 2.24) is 4.98 Å². The molecule has 2 rings (SSSR count). The van der Waals surface area contributed by atoms with Crippen LogP contribution in [0.5, 0.6) is 0 Å². The van der Waals surface area contributed by atoms with Crippen LogP contribution in [0.4, 0.5) is 18.9 Å². The second-order valence-corrected chi connectivity index (χ2v) is 3.93. The maximum Gasteiger partial charge on any atom is 0.196 e. The van der Waals surface area contributed by atoms with Crippen LogP contribution < -0.4 is 11.3 Å². The Labute approximate surface area is 102 Å². The average Bonchev–Trinajstić information content (AvgIpc) is 2.36. The van der Waals surface area contributed by atoms with Crippen molar-refractivity contribution < 1.29 is 13.2 Å². The van der Waals surface area contributed by atoms with E-state index in [2.05, 4.69) is 10.4 Å². The van der Waals surface area contributed by atoms with E-state index >= 15 is 0 Å². The van der Waals surface area contributed by atoms with E-state index in [4.69, 9.17) is 5.84 Å². The number of pyridine rings is 1. The van der Waals surface area contributed by atoms with Crippen molar-refractivity contribution in [2.75, 3.05) is 5.43 Å². The summed E-state index contributed by atoms with van der Waals surface area (Å²) < 4.78 is 40.1. The molecule has 6 heteroatoms. The third-order valence-corrected chi connectivity index (χ3v) is 2.92. The standard InChI is InChI=1S/C12H12F3N3/c1-3-6-5(2)17-12-7(11(6)18-16)4-8(13)9(14)10(12)15/h4H,3,16H2,1-2H3,(H,17,18). The molecule has 0 spiro atoms. The Morgan fingerprint density at radius 2 is 1.94 bits per heavy atom. The van der Waals surface area contributed by atoms with Gasteiger partial charge >= 0.3 is 0 Å². The summed E-state index contributed by atoms with van der Waals surface area (Å²) in [7, 11) is 0. The van der Waals surface area contributed by atoms with Gasteiger partial charge in [-0.15, -0.1) is 0 Å². The lowest BCUT2D eigenvalue weighted by Crippen LogP contribution is -2.12. The largest absolute Gasteiger partial charge is 0.323 e. The van der Waals surface area contributed by atoms with Crippen LogP contribution >= 0.6 is 0 Å². The first-order chi connectivity index (χ1) is 8.51. The van der Waals surface area contributed by atoms with Gasteiger partial charge in [-0.05, 0) is 25.0 Å². The molecule has 1 heterocycles. The summed E-state index contributed by atoms with van der Waals surface area (Å²) >= 11 is 0. The van der Waals surface area contributed by atoms with Gasteiger partial charge in [0.2, 0.25) is 0 Å². The Balaban J connectivity index is 2.98. The average molecular weight is 255 g/mol. The number of hydrogen-bond donors (Lipinski definition) is 2. The van der Waals surface area contributed by atoms with Gasteiger partial charge in [-0.3, -0.25) is 5.84 Å². The molecule has 0 atom stereocenters. The topological polar surface area (TPSA) is 50.9 Å². The molecule has 2 aromatic rings. The number of aryl methyl sites for hydroxylation is 1. The van der Waals surface area contributed by atoms with E-state index in [9.17, 15) is 13.2 Å². The van der Waals surface area contributed by atoms with E-state index in [-0.39, 0.29) is 10.9 Å². The minimum atomic E-state index is -1.53. The monoisotopic (exact) mass is 255 g/mol. The number of anilines is 1. The Morgan fingerprint density at radius 3 is 2.50 bits per heavy atom. The molecule has 0 aliphatic carbocycles. The molecule has 0 aliphatic heterocycles. The minimum Gasteiger partial charge on any atom is -0.323 e. The van der Waals surface area contributed by atoms with Crippen molar-refractivity contribution >= 4 is 16.6 Å². The third-order valence-electron chi connectivity index (χ3n) is 2.92. The zero-order chi connectivity index (χ0) is 13.4. The van der Waals surface area contributed by atoms with Gasteiger partial charge in [0.15, 0.2) is 17.5 Å². The Hall–Kier alpha value is -1.82. The smallest absolute Gasteiger partial charge is 0.196 e. The predicted octanol–water partition coefficient (Wildman–Crippen LogP) is 2.81. The van der Waals surface area contributed by atoms with Gasteiger partial charge in [-0.1, -0.05) is 6.92 Å². The molecule has 1 aromatic carbocycles. The first-order valence-electron chi connectivity index (χ1n) is 5.44. The zero-order valence-corrected chi connectivity index (χ0v) is 9.94. The maximum atomic E-state index is 13.6. The summed E-state index contributed by atoms with van der Waals surface area (Å²) in [6.45, 7) is 3.53. The molecule has 18 heavy (non-hydrogen) atoms. The van der Waals surface area contributed by atoms with E-state index < -0.39 is 17.5 Å². The summed E-state index contributed by atoms with van der Waals surface area (Å²) in [5, 5.41) is 0.136. The van der Waals surface area contributed by atoms with Crippen molar-refractivity contribution in [2.45, 2.75) is 20.3 Å². The number of fused-ring (bicyclic) bond motifs is 1. The Morgan fingerprint density at radius 1 is 1.28 bits per heavy atom. The quantitative estimate of drug-likeness (QED) is 0.493. The van der Waals surface area contributed by atoms with Gasteiger partial charge < -0.3 is 5.43 Å². The molecule has 0 unspecified atom stereocenters. The summed E-state index contributed by atoms with van der Waals surface area (Å²) in [6.07, 6.45) is 0.592. The van der Waals surface area contributed by atoms with Crippen molar-refractivity contribution in [3.8, 4) is 0 Å². The van der Waals surface area contributed by atoms with Gasteiger partial charge in [0.05, 0.1) is 5.69 Å². The van der Waals surface area contributed by atoms with Crippen LogP contribution in [0.3, 0.4) is 0 Å². The Bertz CT molecular complexity index is 626. The second-order valence-electron chi connectivity index (χ2n) is 3.93. The van der Waals surface area contributed by atoms with Crippen LogP contribution in [-0.2, 0) is 6.42 Å². The fourth-order valence-corrected chi connectivity index (χ4v) is 2.06. The van der Waals surface area contributed by atoms with Crippen LogP contribution in [0.2, 0.25) is 0 Å². The van der Waals surface area contributed by atoms with Crippen molar-refractivity contribution in [2.24, 2.45) is 5.84 Å². The van der Waals surface area contributed by atoms with Crippen molar-refractivity contribution in [3.05, 3.63) is 34.8 Å². The highest BCUT2D eigenvalue weighted by Crippen LogP contribution is 2.31. The molecule has 96 valence electrons. The van der Waals surface area contributed by atoms with E-state index in [1.165, 1.54) is 0 Å². The molecular formula is C12H12F3N3. The molecule has 0 aliphatic rings. The lowest BCUT2D eigenvalue weighted by Gasteiger charge is -2.14. The predicted molar refractivity (Wildman–Crippen MR) is 63.5 cm³/mol. The number of benzene rings is 1. The van der Waals surface area contributed by atoms with Crippen LogP contribution in [-0.4, -0.2) is 4.98 Å². The summed E-state index contributed by atoms with van der Waals surface area (Å²) in [4.78, 5) is 3.98. The first-order valence-corrected chi connectivity index (χ1v) is 5.44. The SMILES string of the molecule is CCc1c(C)nc2c(F)c(F)c(F)cc2c1NN. The second kappa shape index (κ2) is 4.45. The van der Waals surface area contributed by atoms with Crippen LogP contribution in [0.1, 0.15) is 18.2 Å². The number of nitrogens with one attached hydrogen (secondary N) is 1. The number of nitrogen functional groups attached to an aromatic ring is 1. The molecule has 0 saturated heterocycles. The number of nitrogens with two attached hydrogens (primary N) is 1. The number of rotatable bonds is 2. The normalized spacial score (nSPS) is 11.0. The van der Waals surface area contributed by atoms with E-state index in [0.29, 0.717) is 17.8 Å². The van der Waals surface area contributed by atoms with Gasteiger partial charge in [-0.2, -0.15) is 0 Å². The van der Waals surface area contributed by atoms with E-state index in [1.54, 1.807) is 6.92 Å². The fraction of sp³-hybridized carbons (Fsp3) is 0.250. The molecular weight excluding hydrogens is 243 g/mol. The van der Waals surface area contributed by atoms with Crippen molar-refractivity contribution in [3.63, 3.8) is 0 Å². The molecule has 1 aromatic heterocycles. The van der Waals surface area contributed by atoms with Gasteiger partial charge in [0.25, 0.3) is 0 Å². The summed E-state index contributed by atoms with van der Waals surface area (Å²) in [5.74, 6) is 1.30. The van der Waals surface area contributed by atoms with Crippen LogP contribution in [0.15, 0.2) is 6.07 Å². The number of aromatic nitrogens is 1. The van der Waals surface area contributed by atoms with Gasteiger partial charge in [0, 0.05) is 11.1 Å². The molecule has 0 fully saturated rings. The number of hydrazine groups is 1. The summed E-state index contributed by atoms with van der Waals surface area (Å²) in [6, 6.07) is 0.897. The van der Waals surface area contributed by atoms with Crippen LogP contribution in [0, 0.1) is 24.4 Å². The molecule has 3 N–H and O–H groups in total. The number of nitrogens with zero attached hydrogens (tertiary/aromatic N) is 1. The fourth-order valence-electron chi connectivity index (χ4n) is 2.06. The Kier molecular flexibility index (Phi) is 3.13. The lowest BCUT2D eigenvalue weighted by molar-refractivity contribution is 0.452. The van der Waals surface area contributed by atoms with E-state index in [1.807, 2.05) is 6.92 Å². The lowest BCUT2D eigenvalue weighted by atomic mass is 10.0. The van der Waals surface area contributed by atoms with Crippen molar-refractivity contribution in [1.29, 1.82) is 0 Å². The first kappa shape index (κ1) is 12.6. The molecule has 0 saturated carbocycles. The minimum absolute atomic E-state index is 0.136. The number of halogens is 3. The third kappa shape index (κ3) is 1.69. The van der Waals surface area contributed by atoms with Gasteiger partial charge in [0.1, 0.15) is 5.52 Å². The van der Waals surface area contributed by atoms with Crippen LogP contribution in [0.25, 0.3) is 10.9 Å². The summed E-state index contributed by atoms with van der Waals surface area (Å²) in [5.41, 5.74) is 3.83. The molecule has 3 nitrogen and oxygen atoms in total. The molecule has 0 radical (unpaired) electrons. The molecule has 0 amide bonds. The van der Waals surface area contributed by atoms with E-state index in [0.717, 1.165) is 11.6 Å². The molecule has 0 bridgehead atoms. The highest BCUT2D eigenvalue weighted by Gasteiger charge is 2.19. The number of hydrogen-bond acceptors (Lipinski definition) is 3. The highest BCUT2D eigenvalue weighted by molar-refractivity contribution is 5.93. The maximum absolute atomic E-state index is 13.6.